The molecule has 0 saturated heterocycles. The number of halogens is 2. The second kappa shape index (κ2) is 9.99. The van der Waals surface area contributed by atoms with Crippen molar-refractivity contribution in [1.29, 1.82) is 0 Å². The monoisotopic (exact) mass is 328 g/mol. The van der Waals surface area contributed by atoms with Crippen LogP contribution in [0.3, 0.4) is 0 Å². The van der Waals surface area contributed by atoms with Gasteiger partial charge in [-0.15, -0.1) is 0 Å². The molecular weight excluding hydrogens is 290 g/mol. The summed E-state index contributed by atoms with van der Waals surface area (Å²) in [6.45, 7) is 4.65. The van der Waals surface area contributed by atoms with Gasteiger partial charge in [-0.3, -0.25) is 0 Å². The van der Waals surface area contributed by atoms with Crippen molar-refractivity contribution in [2.45, 2.75) is 104 Å². The summed E-state index contributed by atoms with van der Waals surface area (Å²) >= 11 is 0. The molecule has 0 heterocycles. The molecule has 2 saturated carbocycles. The Labute approximate surface area is 142 Å². The van der Waals surface area contributed by atoms with Gasteiger partial charge in [-0.05, 0) is 81.0 Å². The van der Waals surface area contributed by atoms with Crippen LogP contribution in [0.15, 0.2) is 0 Å². The molecule has 2 heteroatoms. The van der Waals surface area contributed by atoms with Gasteiger partial charge in [0.05, 0.1) is 0 Å². The first-order valence-electron chi connectivity index (χ1n) is 10.4. The van der Waals surface area contributed by atoms with Crippen LogP contribution in [0.2, 0.25) is 0 Å². The van der Waals surface area contributed by atoms with Gasteiger partial charge in [0.25, 0.3) is 0 Å². The standard InChI is InChI=1S/C21H38F2/c1-3-5-17(6-4-7-21(22)23)19-12-14-20(15-13-19)18-10-8-16(2)9-11-18/h16-21H,3-15H2,1-2H3/t16?,17-,18?,19?,20?/m1/s1. The Morgan fingerprint density at radius 3 is 1.87 bits per heavy atom. The van der Waals surface area contributed by atoms with Gasteiger partial charge in [-0.1, -0.05) is 39.5 Å². The third kappa shape index (κ3) is 6.35. The summed E-state index contributed by atoms with van der Waals surface area (Å²) in [5.74, 6) is 4.46. The Kier molecular flexibility index (Phi) is 8.33. The van der Waals surface area contributed by atoms with Crippen LogP contribution >= 0.6 is 0 Å². The molecule has 0 aromatic heterocycles. The minimum Gasteiger partial charge on any atom is -0.211 e. The first kappa shape index (κ1) is 19.2. The minimum atomic E-state index is -2.11. The zero-order valence-electron chi connectivity index (χ0n) is 15.4. The van der Waals surface area contributed by atoms with E-state index in [9.17, 15) is 8.78 Å². The fraction of sp³-hybridized carbons (Fsp3) is 1.00. The summed E-state index contributed by atoms with van der Waals surface area (Å²) in [5.41, 5.74) is 0. The molecule has 136 valence electrons. The Morgan fingerprint density at radius 2 is 1.35 bits per heavy atom. The van der Waals surface area contributed by atoms with Crippen molar-refractivity contribution in [2.24, 2.45) is 29.6 Å². The molecule has 0 amide bonds. The SMILES string of the molecule is CCC[C@H](CCCC(F)F)C1CCC(C2CCC(C)CC2)CC1. The summed E-state index contributed by atoms with van der Waals surface area (Å²) in [4.78, 5) is 0. The van der Waals surface area contributed by atoms with Gasteiger partial charge in [0.1, 0.15) is 0 Å². The van der Waals surface area contributed by atoms with Crippen LogP contribution in [0.5, 0.6) is 0 Å². The third-order valence-corrected chi connectivity index (χ3v) is 6.87. The van der Waals surface area contributed by atoms with Crippen LogP contribution < -0.4 is 0 Å². The normalized spacial score (nSPS) is 33.8. The minimum absolute atomic E-state index is 0.107. The first-order valence-corrected chi connectivity index (χ1v) is 10.4. The molecular formula is C21H38F2. The van der Waals surface area contributed by atoms with E-state index in [1.807, 2.05) is 0 Å². The molecule has 0 nitrogen and oxygen atoms in total. The molecule has 0 spiro atoms. The second-order valence-corrected chi connectivity index (χ2v) is 8.57. The molecule has 2 aliphatic carbocycles. The van der Waals surface area contributed by atoms with Gasteiger partial charge in [-0.2, -0.15) is 0 Å². The zero-order chi connectivity index (χ0) is 16.7. The molecule has 2 rings (SSSR count). The molecule has 0 bridgehead atoms. The number of hydrogen-bond donors (Lipinski definition) is 0. The smallest absolute Gasteiger partial charge is 0.211 e. The van der Waals surface area contributed by atoms with Gasteiger partial charge >= 0.3 is 0 Å². The Balaban J connectivity index is 1.74. The summed E-state index contributed by atoms with van der Waals surface area (Å²) in [7, 11) is 0. The van der Waals surface area contributed by atoms with E-state index in [2.05, 4.69) is 13.8 Å². The van der Waals surface area contributed by atoms with Crippen LogP contribution in [0.4, 0.5) is 8.78 Å². The van der Waals surface area contributed by atoms with Crippen LogP contribution in [0, 0.1) is 29.6 Å². The number of alkyl halides is 2. The molecule has 2 aliphatic rings. The van der Waals surface area contributed by atoms with E-state index in [4.69, 9.17) is 0 Å². The zero-order valence-corrected chi connectivity index (χ0v) is 15.4. The fourth-order valence-electron chi connectivity index (χ4n) is 5.37. The first-order chi connectivity index (χ1) is 11.1. The summed E-state index contributed by atoms with van der Waals surface area (Å²) in [6, 6.07) is 0. The summed E-state index contributed by atoms with van der Waals surface area (Å²) < 4.78 is 24.8. The highest BCUT2D eigenvalue weighted by Gasteiger charge is 2.32. The Morgan fingerprint density at radius 1 is 0.783 bits per heavy atom. The highest BCUT2D eigenvalue weighted by Crippen LogP contribution is 2.44. The average molecular weight is 329 g/mol. The van der Waals surface area contributed by atoms with Gasteiger partial charge in [0.2, 0.25) is 6.43 Å². The van der Waals surface area contributed by atoms with Crippen molar-refractivity contribution in [3.05, 3.63) is 0 Å². The maximum Gasteiger partial charge on any atom is 0.238 e. The summed E-state index contributed by atoms with van der Waals surface area (Å²) in [5, 5.41) is 0. The van der Waals surface area contributed by atoms with Crippen LogP contribution in [-0.2, 0) is 0 Å². The Bertz CT molecular complexity index is 299. The van der Waals surface area contributed by atoms with Crippen molar-refractivity contribution in [3.8, 4) is 0 Å². The maximum atomic E-state index is 12.4. The molecule has 0 radical (unpaired) electrons. The van der Waals surface area contributed by atoms with E-state index >= 15 is 0 Å². The maximum absolute atomic E-state index is 12.4. The molecule has 0 N–H and O–H groups in total. The average Bonchev–Trinajstić information content (AvgIpc) is 2.55. The lowest BCUT2D eigenvalue weighted by Crippen LogP contribution is -2.28. The highest BCUT2D eigenvalue weighted by molar-refractivity contribution is 4.83. The quantitative estimate of drug-likeness (QED) is 0.433. The molecule has 2 fully saturated rings. The lowest BCUT2D eigenvalue weighted by atomic mass is 9.66. The van der Waals surface area contributed by atoms with Crippen LogP contribution in [0.1, 0.15) is 97.3 Å². The highest BCUT2D eigenvalue weighted by atomic mass is 19.3. The van der Waals surface area contributed by atoms with Gasteiger partial charge in [0, 0.05) is 6.42 Å². The lowest BCUT2D eigenvalue weighted by molar-refractivity contribution is 0.110. The van der Waals surface area contributed by atoms with Crippen molar-refractivity contribution in [2.75, 3.05) is 0 Å². The Hall–Kier alpha value is -0.140. The van der Waals surface area contributed by atoms with Crippen molar-refractivity contribution >= 4 is 0 Å². The number of hydrogen-bond acceptors (Lipinski definition) is 0. The molecule has 1 atom stereocenters. The predicted molar refractivity (Wildman–Crippen MR) is 94.8 cm³/mol. The summed E-state index contributed by atoms with van der Waals surface area (Å²) in [6.07, 6.45) is 13.6. The molecule has 0 aromatic carbocycles. The predicted octanol–water partition coefficient (Wildman–Crippen LogP) is 7.47. The van der Waals surface area contributed by atoms with Gasteiger partial charge < -0.3 is 0 Å². The van der Waals surface area contributed by atoms with Crippen molar-refractivity contribution < 1.29 is 8.78 Å². The fourth-order valence-corrected chi connectivity index (χ4v) is 5.37. The topological polar surface area (TPSA) is 0 Å². The van der Waals surface area contributed by atoms with Crippen LogP contribution in [0.25, 0.3) is 0 Å². The molecule has 23 heavy (non-hydrogen) atoms. The van der Waals surface area contributed by atoms with E-state index in [1.165, 1.54) is 64.2 Å². The molecule has 0 unspecified atom stereocenters. The molecule has 0 aromatic rings. The molecule has 0 aliphatic heterocycles. The van der Waals surface area contributed by atoms with Crippen molar-refractivity contribution in [1.82, 2.24) is 0 Å². The van der Waals surface area contributed by atoms with Gasteiger partial charge in [-0.25, -0.2) is 8.78 Å². The second-order valence-electron chi connectivity index (χ2n) is 8.57. The largest absolute Gasteiger partial charge is 0.238 e. The van der Waals surface area contributed by atoms with E-state index in [-0.39, 0.29) is 6.42 Å². The van der Waals surface area contributed by atoms with E-state index in [1.54, 1.807) is 0 Å². The van der Waals surface area contributed by atoms with Crippen molar-refractivity contribution in [3.63, 3.8) is 0 Å². The van der Waals surface area contributed by atoms with E-state index in [0.29, 0.717) is 5.92 Å². The number of rotatable bonds is 8. The van der Waals surface area contributed by atoms with E-state index in [0.717, 1.165) is 36.5 Å². The lowest BCUT2D eigenvalue weighted by Gasteiger charge is -2.39. The van der Waals surface area contributed by atoms with E-state index < -0.39 is 6.43 Å². The third-order valence-electron chi connectivity index (χ3n) is 6.87. The van der Waals surface area contributed by atoms with Crippen LogP contribution in [-0.4, -0.2) is 6.43 Å². The van der Waals surface area contributed by atoms with Gasteiger partial charge in [0.15, 0.2) is 0 Å².